The number of nitrogens with one attached hydrogen (secondary N) is 1. The zero-order valence-electron chi connectivity index (χ0n) is 11.4. The van der Waals surface area contributed by atoms with Crippen molar-refractivity contribution in [1.29, 1.82) is 0 Å². The number of nitrogens with zero attached hydrogens (tertiary/aromatic N) is 1. The summed E-state index contributed by atoms with van der Waals surface area (Å²) in [6.07, 6.45) is 1.15. The smallest absolute Gasteiger partial charge is 0.248 e. The zero-order chi connectivity index (χ0) is 15.2. The first-order chi connectivity index (χ1) is 9.89. The number of carbonyl (C=O) groups is 2. The lowest BCUT2D eigenvalue weighted by Gasteiger charge is -2.29. The van der Waals surface area contributed by atoms with Crippen molar-refractivity contribution in [3.8, 4) is 0 Å². The van der Waals surface area contributed by atoms with Gasteiger partial charge < -0.3 is 10.2 Å². The highest BCUT2D eigenvalue weighted by atomic mass is 32.2. The molecule has 0 spiro atoms. The number of halogens is 2. The summed E-state index contributed by atoms with van der Waals surface area (Å²) < 4.78 is 26.3. The fourth-order valence-electron chi connectivity index (χ4n) is 2.87. The van der Waals surface area contributed by atoms with E-state index in [0.29, 0.717) is 12.2 Å². The number of hydrogen-bond acceptors (Lipinski definition) is 3. The predicted octanol–water partition coefficient (Wildman–Crippen LogP) is 2.36. The first kappa shape index (κ1) is 14.3. The van der Waals surface area contributed by atoms with E-state index >= 15 is 0 Å². The third-order valence-corrected chi connectivity index (χ3v) is 5.38. The molecule has 1 aromatic carbocycles. The van der Waals surface area contributed by atoms with E-state index in [0.717, 1.165) is 24.6 Å². The number of thioether (sulfide) groups is 1. The minimum atomic E-state index is -0.756. The van der Waals surface area contributed by atoms with E-state index in [-0.39, 0.29) is 16.5 Å². The van der Waals surface area contributed by atoms with Gasteiger partial charge in [0.15, 0.2) is 0 Å². The number of anilines is 1. The van der Waals surface area contributed by atoms with Crippen molar-refractivity contribution in [2.45, 2.75) is 30.7 Å². The van der Waals surface area contributed by atoms with Crippen LogP contribution >= 0.6 is 11.8 Å². The van der Waals surface area contributed by atoms with Crippen molar-refractivity contribution < 1.29 is 18.4 Å². The lowest BCUT2D eigenvalue weighted by molar-refractivity contribution is -0.135. The van der Waals surface area contributed by atoms with Crippen LogP contribution in [0.1, 0.15) is 19.8 Å². The maximum Gasteiger partial charge on any atom is 0.248 e. The van der Waals surface area contributed by atoms with Crippen molar-refractivity contribution in [3.05, 3.63) is 29.8 Å². The van der Waals surface area contributed by atoms with Gasteiger partial charge in [-0.2, -0.15) is 0 Å². The quantitative estimate of drug-likeness (QED) is 0.912. The summed E-state index contributed by atoms with van der Waals surface area (Å²) in [6, 6.07) is 2.24. The first-order valence-electron chi connectivity index (χ1n) is 6.62. The molecule has 2 aliphatic rings. The highest BCUT2D eigenvalue weighted by Gasteiger charge is 2.52. The third kappa shape index (κ3) is 2.50. The maximum absolute atomic E-state index is 13.1. The second kappa shape index (κ2) is 4.98. The fraction of sp³-hybridized carbons (Fsp3) is 0.429. The van der Waals surface area contributed by atoms with Crippen molar-refractivity contribution in [1.82, 2.24) is 4.90 Å². The lowest BCUT2D eigenvalue weighted by atomic mass is 10.2. The molecule has 2 unspecified atom stereocenters. The molecule has 2 saturated heterocycles. The molecule has 7 heteroatoms. The first-order valence-corrected chi connectivity index (χ1v) is 7.61. The Kier molecular flexibility index (Phi) is 3.39. The second-order valence-electron chi connectivity index (χ2n) is 5.41. The molecule has 2 atom stereocenters. The summed E-state index contributed by atoms with van der Waals surface area (Å²) in [5.41, 5.74) is 0.0581. The number of benzene rings is 1. The summed E-state index contributed by atoms with van der Waals surface area (Å²) in [5, 5.41) is 2.49. The molecular weight excluding hydrogens is 298 g/mol. The second-order valence-corrected chi connectivity index (χ2v) is 6.91. The molecule has 21 heavy (non-hydrogen) atoms. The standard InChI is InChI=1S/C14H14F2N2O2S/c1-14-3-2-12(19)18(14)11(7-21-14)13(20)17-10-5-8(15)4-9(16)6-10/h4-6,11H,2-3,7H2,1H3,(H,17,20). The molecule has 0 aliphatic carbocycles. The average molecular weight is 312 g/mol. The highest BCUT2D eigenvalue weighted by molar-refractivity contribution is 8.01. The van der Waals surface area contributed by atoms with Crippen LogP contribution in [0.4, 0.5) is 14.5 Å². The van der Waals surface area contributed by atoms with Crippen LogP contribution in [0.15, 0.2) is 18.2 Å². The largest absolute Gasteiger partial charge is 0.324 e. The zero-order valence-corrected chi connectivity index (χ0v) is 12.2. The number of fused-ring (bicyclic) bond motifs is 1. The van der Waals surface area contributed by atoms with Crippen LogP contribution in [-0.4, -0.2) is 33.4 Å². The SMILES string of the molecule is CC12CCC(=O)N1C(C(=O)Nc1cc(F)cc(F)c1)CS2. The molecule has 0 saturated carbocycles. The molecule has 4 nitrogen and oxygen atoms in total. The molecule has 112 valence electrons. The number of rotatable bonds is 2. The van der Waals surface area contributed by atoms with Gasteiger partial charge in [0, 0.05) is 23.9 Å². The van der Waals surface area contributed by atoms with Crippen LogP contribution in [0.25, 0.3) is 0 Å². The Hall–Kier alpha value is -1.63. The van der Waals surface area contributed by atoms with E-state index in [2.05, 4.69) is 5.32 Å². The number of hydrogen-bond donors (Lipinski definition) is 1. The highest BCUT2D eigenvalue weighted by Crippen LogP contribution is 2.47. The lowest BCUT2D eigenvalue weighted by Crippen LogP contribution is -2.48. The van der Waals surface area contributed by atoms with Gasteiger partial charge in [-0.25, -0.2) is 8.78 Å². The molecule has 1 N–H and O–H groups in total. The van der Waals surface area contributed by atoms with Crippen molar-refractivity contribution in [2.24, 2.45) is 0 Å². The Balaban J connectivity index is 1.78. The average Bonchev–Trinajstić information content (AvgIpc) is 2.86. The van der Waals surface area contributed by atoms with E-state index in [1.54, 1.807) is 16.7 Å². The molecule has 0 bridgehead atoms. The molecule has 0 radical (unpaired) electrons. The van der Waals surface area contributed by atoms with Crippen LogP contribution in [0.2, 0.25) is 0 Å². The van der Waals surface area contributed by atoms with Gasteiger partial charge in [0.2, 0.25) is 11.8 Å². The van der Waals surface area contributed by atoms with Crippen LogP contribution in [0.5, 0.6) is 0 Å². The third-order valence-electron chi connectivity index (χ3n) is 3.88. The number of amides is 2. The minimum absolute atomic E-state index is 0.0481. The summed E-state index contributed by atoms with van der Waals surface area (Å²) in [6.45, 7) is 1.94. The van der Waals surface area contributed by atoms with Crippen LogP contribution in [-0.2, 0) is 9.59 Å². The Labute approximate surface area is 124 Å². The molecule has 2 amide bonds. The molecule has 3 rings (SSSR count). The molecule has 0 aromatic heterocycles. The molecule has 1 aromatic rings. The molecule has 2 aliphatic heterocycles. The van der Waals surface area contributed by atoms with Crippen molar-refractivity contribution in [3.63, 3.8) is 0 Å². The van der Waals surface area contributed by atoms with Crippen LogP contribution in [0, 0.1) is 11.6 Å². The number of carbonyl (C=O) groups excluding carboxylic acids is 2. The van der Waals surface area contributed by atoms with Gasteiger partial charge >= 0.3 is 0 Å². The Morgan fingerprint density at radius 1 is 1.38 bits per heavy atom. The molecule has 2 heterocycles. The summed E-state index contributed by atoms with van der Waals surface area (Å²) >= 11 is 1.57. The topological polar surface area (TPSA) is 49.4 Å². The van der Waals surface area contributed by atoms with Gasteiger partial charge in [-0.3, -0.25) is 9.59 Å². The van der Waals surface area contributed by atoms with Gasteiger partial charge in [-0.15, -0.1) is 11.8 Å². The monoisotopic (exact) mass is 312 g/mol. The van der Waals surface area contributed by atoms with E-state index in [9.17, 15) is 18.4 Å². The van der Waals surface area contributed by atoms with E-state index in [4.69, 9.17) is 0 Å². The van der Waals surface area contributed by atoms with Crippen LogP contribution < -0.4 is 5.32 Å². The van der Waals surface area contributed by atoms with Crippen molar-refractivity contribution in [2.75, 3.05) is 11.1 Å². The van der Waals surface area contributed by atoms with Gasteiger partial charge in [-0.05, 0) is 25.5 Å². The Morgan fingerprint density at radius 3 is 2.71 bits per heavy atom. The van der Waals surface area contributed by atoms with Gasteiger partial charge in [-0.1, -0.05) is 0 Å². The van der Waals surface area contributed by atoms with Gasteiger partial charge in [0.25, 0.3) is 0 Å². The van der Waals surface area contributed by atoms with Crippen LogP contribution in [0.3, 0.4) is 0 Å². The fourth-order valence-corrected chi connectivity index (χ4v) is 4.30. The van der Waals surface area contributed by atoms with Crippen molar-refractivity contribution >= 4 is 29.3 Å². The van der Waals surface area contributed by atoms with E-state index < -0.39 is 23.6 Å². The van der Waals surface area contributed by atoms with Gasteiger partial charge in [0.1, 0.15) is 17.7 Å². The Morgan fingerprint density at radius 2 is 2.05 bits per heavy atom. The predicted molar refractivity (Wildman–Crippen MR) is 75.7 cm³/mol. The van der Waals surface area contributed by atoms with Gasteiger partial charge in [0.05, 0.1) is 4.87 Å². The van der Waals surface area contributed by atoms with E-state index in [1.165, 1.54) is 0 Å². The summed E-state index contributed by atoms with van der Waals surface area (Å²) in [5.74, 6) is -1.48. The normalized spacial score (nSPS) is 27.9. The minimum Gasteiger partial charge on any atom is -0.324 e. The maximum atomic E-state index is 13.1. The molecular formula is C14H14F2N2O2S. The molecule has 2 fully saturated rings. The summed E-state index contributed by atoms with van der Waals surface area (Å²) in [7, 11) is 0. The Bertz CT molecular complexity index is 605. The summed E-state index contributed by atoms with van der Waals surface area (Å²) in [4.78, 5) is 25.5. The van der Waals surface area contributed by atoms with E-state index in [1.807, 2.05) is 6.92 Å².